The monoisotopic (exact) mass is 457 g/mol. The van der Waals surface area contributed by atoms with E-state index in [1.54, 1.807) is 26.4 Å². The van der Waals surface area contributed by atoms with Crippen molar-refractivity contribution in [1.29, 1.82) is 0 Å². The molecule has 7 heteroatoms. The number of carbonyl (C=O) groups is 1. The molecule has 2 aromatic rings. The van der Waals surface area contributed by atoms with Gasteiger partial charge in [0.15, 0.2) is 11.5 Å². The van der Waals surface area contributed by atoms with Crippen LogP contribution in [0.15, 0.2) is 36.4 Å². The number of nitrogens with one attached hydrogen (secondary N) is 1. The lowest BCUT2D eigenvalue weighted by molar-refractivity contribution is 0.162. The number of hydrogen-bond donors (Lipinski definition) is 1. The Morgan fingerprint density at radius 1 is 1.09 bits per heavy atom. The third-order valence-corrected chi connectivity index (χ3v) is 6.29. The van der Waals surface area contributed by atoms with E-state index >= 15 is 0 Å². The molecular weight excluding hydrogens is 421 g/mol. The van der Waals surface area contributed by atoms with Gasteiger partial charge in [-0.25, -0.2) is 9.18 Å². The molecule has 3 rings (SSSR count). The molecule has 0 aliphatic carbocycles. The first-order valence-electron chi connectivity index (χ1n) is 11.6. The minimum absolute atomic E-state index is 0.128. The van der Waals surface area contributed by atoms with Crippen molar-refractivity contribution in [3.05, 3.63) is 58.9 Å². The maximum absolute atomic E-state index is 13.7. The molecule has 180 valence electrons. The summed E-state index contributed by atoms with van der Waals surface area (Å²) in [6.07, 6.45) is 0.699. The van der Waals surface area contributed by atoms with Gasteiger partial charge in [-0.1, -0.05) is 12.1 Å². The number of ether oxygens (including phenoxy) is 2. The molecule has 33 heavy (non-hydrogen) atoms. The molecule has 0 spiro atoms. The largest absolute Gasteiger partial charge is 0.493 e. The average Bonchev–Trinajstić information content (AvgIpc) is 2.80. The fourth-order valence-electron chi connectivity index (χ4n) is 4.68. The first-order chi connectivity index (χ1) is 15.8. The number of carbonyl (C=O) groups excluding carboxylic acids is 1. The van der Waals surface area contributed by atoms with Crippen molar-refractivity contribution in [2.45, 2.75) is 52.2 Å². The summed E-state index contributed by atoms with van der Waals surface area (Å²) < 4.78 is 24.7. The van der Waals surface area contributed by atoms with Crippen LogP contribution in [0.3, 0.4) is 0 Å². The van der Waals surface area contributed by atoms with Crippen molar-refractivity contribution in [3.63, 3.8) is 0 Å². The van der Waals surface area contributed by atoms with Gasteiger partial charge in [-0.2, -0.15) is 0 Å². The maximum Gasteiger partial charge on any atom is 0.318 e. The Balaban J connectivity index is 1.89. The lowest BCUT2D eigenvalue weighted by Gasteiger charge is -2.38. The summed E-state index contributed by atoms with van der Waals surface area (Å²) in [5, 5.41) is 3.10. The van der Waals surface area contributed by atoms with Gasteiger partial charge < -0.3 is 19.7 Å². The predicted octanol–water partition coefficient (Wildman–Crippen LogP) is 4.62. The molecular formula is C26H36FN3O3. The molecule has 2 aromatic carbocycles. The Hall–Kier alpha value is -2.80. The fourth-order valence-corrected chi connectivity index (χ4v) is 4.68. The summed E-state index contributed by atoms with van der Waals surface area (Å²) in [5.74, 6) is 0.963. The zero-order valence-corrected chi connectivity index (χ0v) is 20.5. The van der Waals surface area contributed by atoms with Gasteiger partial charge in [0.25, 0.3) is 0 Å². The molecule has 1 heterocycles. The van der Waals surface area contributed by atoms with Gasteiger partial charge in [0, 0.05) is 31.7 Å². The Kier molecular flexibility index (Phi) is 8.19. The van der Waals surface area contributed by atoms with Crippen LogP contribution in [0.25, 0.3) is 0 Å². The van der Waals surface area contributed by atoms with Gasteiger partial charge in [0.2, 0.25) is 0 Å². The molecule has 0 saturated heterocycles. The third-order valence-electron chi connectivity index (χ3n) is 6.29. The molecule has 0 radical (unpaired) electrons. The van der Waals surface area contributed by atoms with Gasteiger partial charge in [-0.05, 0) is 75.1 Å². The number of fused-ring (bicyclic) bond motifs is 1. The molecule has 1 unspecified atom stereocenters. The SMILES string of the molecule is COc1cc2c(cc1OC)C(c1ccc(F)cc1)N(C(=O)NCCN(C(C)C)C(C)C)CC2. The normalized spacial score (nSPS) is 15.7. The highest BCUT2D eigenvalue weighted by atomic mass is 19.1. The van der Waals surface area contributed by atoms with Crippen LogP contribution >= 0.6 is 0 Å². The minimum atomic E-state index is -0.347. The van der Waals surface area contributed by atoms with Gasteiger partial charge in [0.1, 0.15) is 5.82 Å². The molecule has 1 aliphatic rings. The molecule has 0 aromatic heterocycles. The Morgan fingerprint density at radius 2 is 1.70 bits per heavy atom. The summed E-state index contributed by atoms with van der Waals surface area (Å²) >= 11 is 0. The van der Waals surface area contributed by atoms with Crippen LogP contribution in [0, 0.1) is 5.82 Å². The van der Waals surface area contributed by atoms with Crippen LogP contribution in [0.1, 0.15) is 50.4 Å². The van der Waals surface area contributed by atoms with Crippen molar-refractivity contribution in [3.8, 4) is 11.5 Å². The van der Waals surface area contributed by atoms with E-state index in [0.717, 1.165) is 23.2 Å². The number of amides is 2. The topological polar surface area (TPSA) is 54.0 Å². The highest BCUT2D eigenvalue weighted by molar-refractivity contribution is 5.76. The van der Waals surface area contributed by atoms with E-state index < -0.39 is 0 Å². The van der Waals surface area contributed by atoms with E-state index in [1.807, 2.05) is 17.0 Å². The van der Waals surface area contributed by atoms with Crippen molar-refractivity contribution in [2.24, 2.45) is 0 Å². The van der Waals surface area contributed by atoms with E-state index in [-0.39, 0.29) is 17.9 Å². The van der Waals surface area contributed by atoms with Crippen LogP contribution < -0.4 is 14.8 Å². The van der Waals surface area contributed by atoms with Crippen LogP contribution in [0.2, 0.25) is 0 Å². The van der Waals surface area contributed by atoms with E-state index in [9.17, 15) is 9.18 Å². The second kappa shape index (κ2) is 10.9. The highest BCUT2D eigenvalue weighted by Gasteiger charge is 2.33. The summed E-state index contributed by atoms with van der Waals surface area (Å²) in [6.45, 7) is 10.5. The van der Waals surface area contributed by atoms with Gasteiger partial charge in [-0.3, -0.25) is 4.90 Å². The minimum Gasteiger partial charge on any atom is -0.493 e. The number of halogens is 1. The van der Waals surface area contributed by atoms with E-state index in [0.29, 0.717) is 43.1 Å². The highest BCUT2D eigenvalue weighted by Crippen LogP contribution is 2.41. The molecule has 1 N–H and O–H groups in total. The van der Waals surface area contributed by atoms with Crippen LogP contribution in [0.5, 0.6) is 11.5 Å². The molecule has 0 fully saturated rings. The second-order valence-corrected chi connectivity index (χ2v) is 8.96. The van der Waals surface area contributed by atoms with Gasteiger partial charge in [-0.15, -0.1) is 0 Å². The lowest BCUT2D eigenvalue weighted by atomic mass is 9.88. The second-order valence-electron chi connectivity index (χ2n) is 8.96. The predicted molar refractivity (Wildman–Crippen MR) is 129 cm³/mol. The van der Waals surface area contributed by atoms with Crippen molar-refractivity contribution >= 4 is 6.03 Å². The molecule has 0 saturated carbocycles. The van der Waals surface area contributed by atoms with Crippen molar-refractivity contribution in [1.82, 2.24) is 15.1 Å². The molecule has 1 atom stereocenters. The Morgan fingerprint density at radius 3 is 2.27 bits per heavy atom. The number of methoxy groups -OCH3 is 2. The van der Waals surface area contributed by atoms with Crippen LogP contribution in [-0.2, 0) is 6.42 Å². The molecule has 1 aliphatic heterocycles. The van der Waals surface area contributed by atoms with E-state index in [4.69, 9.17) is 9.47 Å². The third kappa shape index (κ3) is 5.58. The smallest absolute Gasteiger partial charge is 0.318 e. The zero-order valence-electron chi connectivity index (χ0n) is 20.5. The number of benzene rings is 2. The number of nitrogens with zero attached hydrogens (tertiary/aromatic N) is 2. The first-order valence-corrected chi connectivity index (χ1v) is 11.6. The molecule has 2 amide bonds. The van der Waals surface area contributed by atoms with Crippen molar-refractivity contribution < 1.29 is 18.7 Å². The van der Waals surface area contributed by atoms with E-state index in [1.165, 1.54) is 12.1 Å². The quantitative estimate of drug-likeness (QED) is 0.629. The first kappa shape index (κ1) is 24.8. The number of urea groups is 1. The average molecular weight is 458 g/mol. The summed E-state index contributed by atoms with van der Waals surface area (Å²) in [4.78, 5) is 17.5. The lowest BCUT2D eigenvalue weighted by Crippen LogP contribution is -2.49. The molecule has 0 bridgehead atoms. The standard InChI is InChI=1S/C26H36FN3O3/c1-17(2)29(18(3)4)14-12-28-26(31)30-13-11-20-15-23(32-5)24(33-6)16-22(20)25(30)19-7-9-21(27)10-8-19/h7-10,15-18,25H,11-14H2,1-6H3,(H,28,31). The summed E-state index contributed by atoms with van der Waals surface area (Å²) in [6, 6.07) is 10.6. The fraction of sp³-hybridized carbons (Fsp3) is 0.500. The van der Waals surface area contributed by atoms with Crippen LogP contribution in [0.4, 0.5) is 9.18 Å². The van der Waals surface area contributed by atoms with Crippen molar-refractivity contribution in [2.75, 3.05) is 33.9 Å². The Labute approximate surface area is 196 Å². The summed E-state index contributed by atoms with van der Waals surface area (Å²) in [7, 11) is 3.21. The number of hydrogen-bond acceptors (Lipinski definition) is 4. The summed E-state index contributed by atoms with van der Waals surface area (Å²) in [5.41, 5.74) is 2.91. The molecule has 6 nitrogen and oxygen atoms in total. The maximum atomic E-state index is 13.7. The van der Waals surface area contributed by atoms with E-state index in [2.05, 4.69) is 37.9 Å². The van der Waals surface area contributed by atoms with Gasteiger partial charge in [0.05, 0.1) is 20.3 Å². The zero-order chi connectivity index (χ0) is 24.1. The van der Waals surface area contributed by atoms with Gasteiger partial charge >= 0.3 is 6.03 Å². The number of rotatable bonds is 8. The van der Waals surface area contributed by atoms with Crippen LogP contribution in [-0.4, -0.2) is 61.8 Å². The Bertz CT molecular complexity index is 939.